The van der Waals surface area contributed by atoms with Crippen molar-refractivity contribution in [3.05, 3.63) is 84.6 Å². The lowest BCUT2D eigenvalue weighted by Gasteiger charge is -2.00. The molecular formula is C23H20BrN5. The number of benzene rings is 2. The van der Waals surface area contributed by atoms with Crippen molar-refractivity contribution in [2.75, 3.05) is 5.33 Å². The van der Waals surface area contributed by atoms with Crippen molar-refractivity contribution in [3.63, 3.8) is 0 Å². The number of rotatable bonds is 6. The zero-order valence-electron chi connectivity index (χ0n) is 15.9. The Morgan fingerprint density at radius 3 is 2.76 bits per heavy atom. The SMILES string of the molecule is BrCCCc1cc(-c2ccc3cn(Cc4ccccc4)nc3c2)c2cncnn12. The molecule has 0 aliphatic carbocycles. The number of aryl methyl sites for hydroxylation is 1. The largest absolute Gasteiger partial charge is 0.267 e. The van der Waals surface area contributed by atoms with Gasteiger partial charge in [-0.15, -0.1) is 0 Å². The van der Waals surface area contributed by atoms with Gasteiger partial charge in [-0.25, -0.2) is 9.50 Å². The highest BCUT2D eigenvalue weighted by Crippen LogP contribution is 2.30. The lowest BCUT2D eigenvalue weighted by molar-refractivity contribution is 0.696. The molecule has 3 aromatic heterocycles. The number of hydrogen-bond donors (Lipinski definition) is 0. The summed E-state index contributed by atoms with van der Waals surface area (Å²) in [5.41, 5.74) is 6.76. The van der Waals surface area contributed by atoms with Gasteiger partial charge in [0.2, 0.25) is 0 Å². The Balaban J connectivity index is 1.54. The fourth-order valence-electron chi connectivity index (χ4n) is 3.76. The molecule has 0 bridgehead atoms. The lowest BCUT2D eigenvalue weighted by Crippen LogP contribution is -1.99. The predicted molar refractivity (Wildman–Crippen MR) is 119 cm³/mol. The van der Waals surface area contributed by atoms with Crippen LogP contribution in [0.25, 0.3) is 27.5 Å². The molecule has 3 heterocycles. The van der Waals surface area contributed by atoms with E-state index in [0.717, 1.165) is 52.3 Å². The van der Waals surface area contributed by atoms with Gasteiger partial charge >= 0.3 is 0 Å². The van der Waals surface area contributed by atoms with Gasteiger partial charge in [-0.05, 0) is 36.1 Å². The molecule has 144 valence electrons. The summed E-state index contributed by atoms with van der Waals surface area (Å²) in [5, 5.41) is 11.4. The van der Waals surface area contributed by atoms with Gasteiger partial charge in [0.25, 0.3) is 0 Å². The van der Waals surface area contributed by atoms with Crippen molar-refractivity contribution in [3.8, 4) is 11.1 Å². The lowest BCUT2D eigenvalue weighted by atomic mass is 10.1. The van der Waals surface area contributed by atoms with Gasteiger partial charge in [-0.3, -0.25) is 4.68 Å². The summed E-state index contributed by atoms with van der Waals surface area (Å²) in [6.45, 7) is 0.768. The third-order valence-electron chi connectivity index (χ3n) is 5.14. The molecule has 0 unspecified atom stereocenters. The molecule has 5 nitrogen and oxygen atoms in total. The van der Waals surface area contributed by atoms with Gasteiger partial charge in [0.15, 0.2) is 0 Å². The highest BCUT2D eigenvalue weighted by molar-refractivity contribution is 9.09. The van der Waals surface area contributed by atoms with Crippen molar-refractivity contribution < 1.29 is 0 Å². The van der Waals surface area contributed by atoms with Crippen LogP contribution in [0.15, 0.2) is 73.3 Å². The summed E-state index contributed by atoms with van der Waals surface area (Å²) in [7, 11) is 0. The van der Waals surface area contributed by atoms with Crippen molar-refractivity contribution in [1.29, 1.82) is 0 Å². The topological polar surface area (TPSA) is 48.0 Å². The van der Waals surface area contributed by atoms with Crippen LogP contribution < -0.4 is 0 Å². The quantitative estimate of drug-likeness (QED) is 0.340. The highest BCUT2D eigenvalue weighted by atomic mass is 79.9. The van der Waals surface area contributed by atoms with E-state index in [4.69, 9.17) is 5.10 Å². The number of halogens is 1. The zero-order valence-corrected chi connectivity index (χ0v) is 17.5. The van der Waals surface area contributed by atoms with Crippen LogP contribution in [0, 0.1) is 0 Å². The molecule has 0 amide bonds. The minimum Gasteiger partial charge on any atom is -0.267 e. The van der Waals surface area contributed by atoms with Crippen molar-refractivity contribution in [2.45, 2.75) is 19.4 Å². The van der Waals surface area contributed by atoms with E-state index >= 15 is 0 Å². The Labute approximate surface area is 177 Å². The monoisotopic (exact) mass is 445 g/mol. The Hall–Kier alpha value is -2.99. The second-order valence-electron chi connectivity index (χ2n) is 7.13. The Morgan fingerprint density at radius 1 is 1.00 bits per heavy atom. The van der Waals surface area contributed by atoms with Crippen molar-refractivity contribution in [1.82, 2.24) is 24.4 Å². The van der Waals surface area contributed by atoms with Crippen LogP contribution in [0.5, 0.6) is 0 Å². The fraction of sp³-hybridized carbons (Fsp3) is 0.174. The first-order valence-electron chi connectivity index (χ1n) is 9.70. The van der Waals surface area contributed by atoms with Crippen LogP contribution in [-0.4, -0.2) is 29.7 Å². The van der Waals surface area contributed by atoms with Crippen LogP contribution in [0.4, 0.5) is 0 Å². The number of hydrogen-bond acceptors (Lipinski definition) is 3. The van der Waals surface area contributed by atoms with E-state index in [1.807, 2.05) is 21.5 Å². The first-order valence-corrected chi connectivity index (χ1v) is 10.8. The van der Waals surface area contributed by atoms with Gasteiger partial charge in [-0.2, -0.15) is 10.2 Å². The van der Waals surface area contributed by atoms with Gasteiger partial charge < -0.3 is 0 Å². The van der Waals surface area contributed by atoms with Gasteiger partial charge in [0, 0.05) is 28.2 Å². The standard InChI is InChI=1S/C23H20BrN5/c24-10-4-7-20-12-21(23-13-25-16-26-29(20)23)18-8-9-19-15-28(27-22(19)11-18)14-17-5-2-1-3-6-17/h1-3,5-6,8-9,11-13,15-16H,4,7,10,14H2. The molecule has 0 aliphatic rings. The molecule has 0 fully saturated rings. The van der Waals surface area contributed by atoms with Gasteiger partial charge in [-0.1, -0.05) is 58.4 Å². The minimum absolute atomic E-state index is 0.768. The average Bonchev–Trinajstić information content (AvgIpc) is 3.33. The highest BCUT2D eigenvalue weighted by Gasteiger charge is 2.13. The van der Waals surface area contributed by atoms with Crippen molar-refractivity contribution in [2.24, 2.45) is 0 Å². The first kappa shape index (κ1) is 18.1. The molecule has 0 aliphatic heterocycles. The third-order valence-corrected chi connectivity index (χ3v) is 5.70. The van der Waals surface area contributed by atoms with Crippen LogP contribution in [-0.2, 0) is 13.0 Å². The van der Waals surface area contributed by atoms with E-state index in [1.165, 1.54) is 11.3 Å². The van der Waals surface area contributed by atoms with Crippen molar-refractivity contribution >= 4 is 32.3 Å². The summed E-state index contributed by atoms with van der Waals surface area (Å²) in [5.74, 6) is 0. The van der Waals surface area contributed by atoms with Gasteiger partial charge in [0.05, 0.1) is 23.8 Å². The molecule has 29 heavy (non-hydrogen) atoms. The maximum absolute atomic E-state index is 4.80. The molecule has 0 radical (unpaired) electrons. The molecule has 0 N–H and O–H groups in total. The Morgan fingerprint density at radius 2 is 1.90 bits per heavy atom. The predicted octanol–water partition coefficient (Wildman–Crippen LogP) is 5.12. The summed E-state index contributed by atoms with van der Waals surface area (Å²) in [4.78, 5) is 4.24. The third kappa shape index (κ3) is 3.56. The molecular weight excluding hydrogens is 426 g/mol. The summed E-state index contributed by atoms with van der Waals surface area (Å²) in [6.07, 6.45) is 7.63. The number of fused-ring (bicyclic) bond motifs is 2. The normalized spacial score (nSPS) is 11.5. The van der Waals surface area contributed by atoms with E-state index < -0.39 is 0 Å². The van der Waals surface area contributed by atoms with E-state index in [9.17, 15) is 0 Å². The summed E-state index contributed by atoms with van der Waals surface area (Å²) in [6, 6.07) is 19.1. The summed E-state index contributed by atoms with van der Waals surface area (Å²) < 4.78 is 4.01. The zero-order chi connectivity index (χ0) is 19.6. The Kier molecular flexibility index (Phi) is 4.86. The maximum Gasteiger partial charge on any atom is 0.136 e. The molecule has 2 aromatic carbocycles. The van der Waals surface area contributed by atoms with E-state index in [2.05, 4.69) is 80.7 Å². The molecule has 5 rings (SSSR count). The maximum atomic E-state index is 4.80. The second kappa shape index (κ2) is 7.79. The minimum atomic E-state index is 0.768. The van der Waals surface area contributed by atoms with Gasteiger partial charge in [0.1, 0.15) is 6.33 Å². The number of alkyl halides is 1. The molecule has 0 atom stereocenters. The van der Waals surface area contributed by atoms with Crippen LogP contribution >= 0.6 is 15.9 Å². The first-order chi connectivity index (χ1) is 14.3. The van der Waals surface area contributed by atoms with Crippen LogP contribution in [0.1, 0.15) is 17.7 Å². The fourth-order valence-corrected chi connectivity index (χ4v) is 4.04. The van der Waals surface area contributed by atoms with Crippen LogP contribution in [0.3, 0.4) is 0 Å². The van der Waals surface area contributed by atoms with E-state index in [0.29, 0.717) is 0 Å². The average molecular weight is 446 g/mol. The molecule has 5 aromatic rings. The molecule has 0 saturated carbocycles. The number of aromatic nitrogens is 5. The van der Waals surface area contributed by atoms with E-state index in [1.54, 1.807) is 6.33 Å². The molecule has 0 spiro atoms. The van der Waals surface area contributed by atoms with E-state index in [-0.39, 0.29) is 0 Å². The molecule has 0 saturated heterocycles. The summed E-state index contributed by atoms with van der Waals surface area (Å²) >= 11 is 3.52. The molecule has 6 heteroatoms. The van der Waals surface area contributed by atoms with Crippen LogP contribution in [0.2, 0.25) is 0 Å². The smallest absolute Gasteiger partial charge is 0.136 e. The number of nitrogens with zero attached hydrogens (tertiary/aromatic N) is 5. The Bertz CT molecular complexity index is 1270. The second-order valence-corrected chi connectivity index (χ2v) is 7.93.